The van der Waals surface area contributed by atoms with Crippen LogP contribution in [0.3, 0.4) is 0 Å². The molecular weight excluding hydrogens is 358 g/mol. The number of amides is 2. The van der Waals surface area contributed by atoms with Crippen molar-refractivity contribution >= 4 is 17.5 Å². The summed E-state index contributed by atoms with van der Waals surface area (Å²) >= 11 is 0. The van der Waals surface area contributed by atoms with Crippen molar-refractivity contribution in [2.24, 2.45) is 0 Å². The van der Waals surface area contributed by atoms with Crippen LogP contribution in [0.5, 0.6) is 11.5 Å². The molecule has 1 fully saturated rings. The molecule has 1 aliphatic rings. The number of nitrogens with one attached hydrogen (secondary N) is 2. The van der Waals surface area contributed by atoms with Crippen molar-refractivity contribution < 1.29 is 19.1 Å². The van der Waals surface area contributed by atoms with E-state index >= 15 is 0 Å². The van der Waals surface area contributed by atoms with Gasteiger partial charge < -0.3 is 20.1 Å². The summed E-state index contributed by atoms with van der Waals surface area (Å²) in [7, 11) is 3.07. The summed E-state index contributed by atoms with van der Waals surface area (Å²) in [5.41, 5.74) is 1.06. The van der Waals surface area contributed by atoms with Crippen LogP contribution in [-0.2, 0) is 0 Å². The predicted octanol–water partition coefficient (Wildman–Crippen LogP) is 3.41. The molecule has 0 aliphatic heterocycles. The van der Waals surface area contributed by atoms with Crippen LogP contribution in [0, 0.1) is 0 Å². The molecule has 0 spiro atoms. The Morgan fingerprint density at radius 3 is 2.50 bits per heavy atom. The molecule has 3 rings (SSSR count). The number of benzene rings is 1. The van der Waals surface area contributed by atoms with Gasteiger partial charge in [0.25, 0.3) is 11.8 Å². The second kappa shape index (κ2) is 9.21. The third-order valence-corrected chi connectivity index (χ3v) is 4.85. The maximum Gasteiger partial charge on any atom is 0.270 e. The fourth-order valence-corrected chi connectivity index (χ4v) is 3.31. The molecule has 1 heterocycles. The van der Waals surface area contributed by atoms with E-state index in [1.165, 1.54) is 25.8 Å². The number of nitrogens with zero attached hydrogens (tertiary/aromatic N) is 1. The Morgan fingerprint density at radius 2 is 1.79 bits per heavy atom. The van der Waals surface area contributed by atoms with Gasteiger partial charge in [0.2, 0.25) is 0 Å². The molecule has 28 heavy (non-hydrogen) atoms. The van der Waals surface area contributed by atoms with Gasteiger partial charge in [-0.2, -0.15) is 0 Å². The van der Waals surface area contributed by atoms with Crippen molar-refractivity contribution in [2.45, 2.75) is 38.1 Å². The summed E-state index contributed by atoms with van der Waals surface area (Å²) in [6.07, 6.45) is 6.91. The summed E-state index contributed by atoms with van der Waals surface area (Å²) in [5, 5.41) is 5.81. The molecule has 0 unspecified atom stereocenters. The third-order valence-electron chi connectivity index (χ3n) is 4.85. The number of carbonyl (C=O) groups is 2. The Bertz CT molecular complexity index is 847. The Hall–Kier alpha value is -3.09. The van der Waals surface area contributed by atoms with E-state index in [1.807, 2.05) is 0 Å². The van der Waals surface area contributed by atoms with Gasteiger partial charge in [0, 0.05) is 23.9 Å². The minimum atomic E-state index is -0.360. The van der Waals surface area contributed by atoms with Gasteiger partial charge in [0.05, 0.1) is 19.9 Å². The van der Waals surface area contributed by atoms with Crippen LogP contribution in [-0.4, -0.2) is 37.1 Å². The van der Waals surface area contributed by atoms with E-state index in [0.717, 1.165) is 25.7 Å². The first-order valence-corrected chi connectivity index (χ1v) is 9.41. The van der Waals surface area contributed by atoms with E-state index in [0.29, 0.717) is 22.7 Å². The number of methoxy groups -OCH3 is 2. The highest BCUT2D eigenvalue weighted by Crippen LogP contribution is 2.29. The quantitative estimate of drug-likeness (QED) is 0.798. The minimum absolute atomic E-state index is 0.182. The molecule has 1 saturated carbocycles. The Labute approximate surface area is 164 Å². The zero-order valence-corrected chi connectivity index (χ0v) is 16.2. The molecule has 0 atom stereocenters. The lowest BCUT2D eigenvalue weighted by atomic mass is 9.95. The number of aromatic nitrogens is 1. The molecule has 0 radical (unpaired) electrons. The summed E-state index contributed by atoms with van der Waals surface area (Å²) in [5.74, 6) is 0.498. The van der Waals surface area contributed by atoms with Crippen molar-refractivity contribution in [3.8, 4) is 11.5 Å². The first-order chi connectivity index (χ1) is 13.6. The van der Waals surface area contributed by atoms with Crippen LogP contribution in [0.15, 0.2) is 36.5 Å². The van der Waals surface area contributed by atoms with Gasteiger partial charge in [-0.1, -0.05) is 19.3 Å². The summed E-state index contributed by atoms with van der Waals surface area (Å²) in [6.45, 7) is 0. The number of anilines is 1. The number of pyridine rings is 1. The number of carbonyl (C=O) groups excluding carboxylic acids is 2. The molecule has 2 N–H and O–H groups in total. The average Bonchev–Trinajstić information content (AvgIpc) is 2.74. The van der Waals surface area contributed by atoms with Crippen LogP contribution < -0.4 is 20.1 Å². The van der Waals surface area contributed by atoms with Gasteiger partial charge in [-0.15, -0.1) is 0 Å². The number of hydrogen-bond acceptors (Lipinski definition) is 5. The lowest BCUT2D eigenvalue weighted by molar-refractivity contribution is 0.0922. The number of rotatable bonds is 6. The van der Waals surface area contributed by atoms with Gasteiger partial charge in [-0.3, -0.25) is 14.6 Å². The van der Waals surface area contributed by atoms with Crippen LogP contribution in [0.4, 0.5) is 5.69 Å². The van der Waals surface area contributed by atoms with E-state index in [2.05, 4.69) is 15.6 Å². The van der Waals surface area contributed by atoms with Crippen molar-refractivity contribution in [1.29, 1.82) is 0 Å². The highest BCUT2D eigenvalue weighted by atomic mass is 16.5. The molecule has 7 heteroatoms. The molecule has 7 nitrogen and oxygen atoms in total. The molecule has 1 aliphatic carbocycles. The smallest absolute Gasteiger partial charge is 0.270 e. The van der Waals surface area contributed by atoms with Crippen molar-refractivity contribution in [1.82, 2.24) is 10.3 Å². The maximum atomic E-state index is 12.7. The summed E-state index contributed by atoms with van der Waals surface area (Å²) in [6, 6.07) is 8.38. The van der Waals surface area contributed by atoms with Crippen molar-refractivity contribution in [2.75, 3.05) is 19.5 Å². The van der Waals surface area contributed by atoms with Crippen molar-refractivity contribution in [3.05, 3.63) is 47.8 Å². The van der Waals surface area contributed by atoms with Gasteiger partial charge in [0.15, 0.2) is 0 Å². The Kier molecular flexibility index (Phi) is 6.47. The van der Waals surface area contributed by atoms with Crippen molar-refractivity contribution in [3.63, 3.8) is 0 Å². The van der Waals surface area contributed by atoms with Gasteiger partial charge in [-0.25, -0.2) is 0 Å². The zero-order chi connectivity index (χ0) is 19.9. The van der Waals surface area contributed by atoms with Crippen LogP contribution in [0.1, 0.15) is 53.0 Å². The lowest BCUT2D eigenvalue weighted by Gasteiger charge is -2.22. The van der Waals surface area contributed by atoms with Crippen LogP contribution in [0.25, 0.3) is 0 Å². The molecule has 0 bridgehead atoms. The molecule has 2 aromatic rings. The van der Waals surface area contributed by atoms with E-state index in [-0.39, 0.29) is 23.6 Å². The first kappa shape index (κ1) is 19.7. The first-order valence-electron chi connectivity index (χ1n) is 9.41. The molecule has 1 aromatic carbocycles. The maximum absolute atomic E-state index is 12.7. The van der Waals surface area contributed by atoms with Crippen LogP contribution >= 0.6 is 0 Å². The Balaban J connectivity index is 1.72. The Morgan fingerprint density at radius 1 is 1.00 bits per heavy atom. The van der Waals surface area contributed by atoms with E-state index in [4.69, 9.17) is 9.47 Å². The molecule has 0 saturated heterocycles. The molecule has 1 aromatic heterocycles. The fraction of sp³-hybridized carbons (Fsp3) is 0.381. The van der Waals surface area contributed by atoms with Gasteiger partial charge in [-0.05, 0) is 37.1 Å². The highest BCUT2D eigenvalue weighted by molar-refractivity contribution is 6.06. The molecule has 148 valence electrons. The fourth-order valence-electron chi connectivity index (χ4n) is 3.31. The lowest BCUT2D eigenvalue weighted by Crippen LogP contribution is -2.36. The predicted molar refractivity (Wildman–Crippen MR) is 106 cm³/mol. The summed E-state index contributed by atoms with van der Waals surface area (Å²) in [4.78, 5) is 29.3. The minimum Gasteiger partial charge on any atom is -0.497 e. The number of ether oxygens (including phenoxy) is 2. The monoisotopic (exact) mass is 383 g/mol. The molecular formula is C21H25N3O4. The standard InChI is InChI=1S/C21H25N3O4/c1-27-16-8-9-19(28-2)17(13-16)24-20(25)14-10-11-22-18(12-14)21(26)23-15-6-4-3-5-7-15/h8-13,15H,3-7H2,1-2H3,(H,23,26)(H,24,25). The normalized spacial score (nSPS) is 14.2. The topological polar surface area (TPSA) is 89.6 Å². The van der Waals surface area contributed by atoms with E-state index < -0.39 is 0 Å². The average molecular weight is 383 g/mol. The van der Waals surface area contributed by atoms with E-state index in [1.54, 1.807) is 31.4 Å². The largest absolute Gasteiger partial charge is 0.497 e. The van der Waals surface area contributed by atoms with E-state index in [9.17, 15) is 9.59 Å². The number of hydrogen-bond donors (Lipinski definition) is 2. The van der Waals surface area contributed by atoms with Gasteiger partial charge in [0.1, 0.15) is 17.2 Å². The van der Waals surface area contributed by atoms with Crippen LogP contribution in [0.2, 0.25) is 0 Å². The second-order valence-electron chi connectivity index (χ2n) is 6.76. The summed E-state index contributed by atoms with van der Waals surface area (Å²) < 4.78 is 10.5. The zero-order valence-electron chi connectivity index (χ0n) is 16.2. The van der Waals surface area contributed by atoms with Gasteiger partial charge >= 0.3 is 0 Å². The highest BCUT2D eigenvalue weighted by Gasteiger charge is 2.19. The SMILES string of the molecule is COc1ccc(OC)c(NC(=O)c2ccnc(C(=O)NC3CCCCC3)c2)c1. The third kappa shape index (κ3) is 4.79. The molecule has 2 amide bonds. The second-order valence-corrected chi connectivity index (χ2v) is 6.76.